The van der Waals surface area contributed by atoms with Crippen molar-refractivity contribution in [2.24, 2.45) is 5.73 Å². The summed E-state index contributed by atoms with van der Waals surface area (Å²) in [6.07, 6.45) is 0. The fraction of sp³-hybridized carbons (Fsp3) is 0.462. The molecule has 0 aliphatic carbocycles. The van der Waals surface area contributed by atoms with Crippen LogP contribution in [0.2, 0.25) is 0 Å². The summed E-state index contributed by atoms with van der Waals surface area (Å²) in [7, 11) is 0. The van der Waals surface area contributed by atoms with Crippen molar-refractivity contribution in [3.05, 3.63) is 34.9 Å². The van der Waals surface area contributed by atoms with Gasteiger partial charge in [-0.1, -0.05) is 30.7 Å². The quantitative estimate of drug-likeness (QED) is 0.810. The van der Waals surface area contributed by atoms with Crippen LogP contribution in [0.3, 0.4) is 0 Å². The minimum absolute atomic E-state index is 0.346. The zero-order valence-corrected chi connectivity index (χ0v) is 10.4. The number of benzene rings is 1. The van der Waals surface area contributed by atoms with Crippen LogP contribution in [0, 0.1) is 13.8 Å². The number of hydrogen-bond donors (Lipinski definition) is 2. The van der Waals surface area contributed by atoms with Gasteiger partial charge >= 0.3 is 0 Å². The fourth-order valence-electron chi connectivity index (χ4n) is 2.04. The summed E-state index contributed by atoms with van der Waals surface area (Å²) >= 11 is 0. The molecule has 3 nitrogen and oxygen atoms in total. The maximum Gasteiger partial charge on any atom is 0.242 e. The van der Waals surface area contributed by atoms with E-state index >= 15 is 0 Å². The Hall–Kier alpha value is -1.35. The van der Waals surface area contributed by atoms with Gasteiger partial charge in [0.2, 0.25) is 5.91 Å². The molecule has 1 atom stereocenters. The summed E-state index contributed by atoms with van der Waals surface area (Å²) in [6, 6.07) is 6.03. The maximum absolute atomic E-state index is 11.6. The van der Waals surface area contributed by atoms with Gasteiger partial charge in [-0.15, -0.1) is 0 Å². The molecule has 1 rings (SSSR count). The van der Waals surface area contributed by atoms with E-state index in [-0.39, 0.29) is 5.91 Å². The molecular formula is C13H20N2O. The molecule has 3 heteroatoms. The Bertz CT molecular complexity index is 401. The van der Waals surface area contributed by atoms with Gasteiger partial charge in [-0.25, -0.2) is 0 Å². The molecule has 0 aromatic heterocycles. The normalized spacial score (nSPS) is 14.5. The number of primary amides is 1. The standard InChI is InChI=1S/C13H20N2O/c1-5-15-13(4,12(14)16)11-7-6-9(2)8-10(11)3/h6-8,15H,5H2,1-4H3,(H2,14,16). The van der Waals surface area contributed by atoms with Gasteiger partial charge in [-0.3, -0.25) is 4.79 Å². The van der Waals surface area contributed by atoms with Gasteiger partial charge in [0.05, 0.1) is 0 Å². The lowest BCUT2D eigenvalue weighted by Gasteiger charge is -2.29. The molecule has 0 heterocycles. The van der Waals surface area contributed by atoms with Gasteiger partial charge in [-0.2, -0.15) is 0 Å². The molecule has 1 aromatic rings. The second kappa shape index (κ2) is 4.66. The summed E-state index contributed by atoms with van der Waals surface area (Å²) in [5.41, 5.74) is 7.93. The molecule has 1 unspecified atom stereocenters. The smallest absolute Gasteiger partial charge is 0.242 e. The monoisotopic (exact) mass is 220 g/mol. The highest BCUT2D eigenvalue weighted by Crippen LogP contribution is 2.24. The zero-order valence-electron chi connectivity index (χ0n) is 10.4. The predicted molar refractivity (Wildman–Crippen MR) is 66.1 cm³/mol. The van der Waals surface area contributed by atoms with E-state index in [1.54, 1.807) is 0 Å². The summed E-state index contributed by atoms with van der Waals surface area (Å²) in [4.78, 5) is 11.6. The van der Waals surface area contributed by atoms with Gasteiger partial charge < -0.3 is 11.1 Å². The largest absolute Gasteiger partial charge is 0.368 e. The molecule has 88 valence electrons. The third-order valence-electron chi connectivity index (χ3n) is 2.94. The summed E-state index contributed by atoms with van der Waals surface area (Å²) in [5.74, 6) is -0.346. The highest BCUT2D eigenvalue weighted by atomic mass is 16.1. The zero-order chi connectivity index (χ0) is 12.3. The van der Waals surface area contributed by atoms with E-state index in [1.165, 1.54) is 5.56 Å². The topological polar surface area (TPSA) is 55.1 Å². The van der Waals surface area contributed by atoms with Gasteiger partial charge in [0.25, 0.3) is 0 Å². The highest BCUT2D eigenvalue weighted by Gasteiger charge is 2.33. The van der Waals surface area contributed by atoms with Crippen molar-refractivity contribution in [3.63, 3.8) is 0 Å². The molecule has 0 aliphatic rings. The maximum atomic E-state index is 11.6. The molecule has 3 N–H and O–H groups in total. The van der Waals surface area contributed by atoms with Crippen LogP contribution in [0.1, 0.15) is 30.5 Å². The molecule has 0 spiro atoms. The van der Waals surface area contributed by atoms with E-state index in [4.69, 9.17) is 5.73 Å². The van der Waals surface area contributed by atoms with E-state index in [9.17, 15) is 4.79 Å². The van der Waals surface area contributed by atoms with Crippen LogP contribution >= 0.6 is 0 Å². The molecule has 0 saturated carbocycles. The average Bonchev–Trinajstić information content (AvgIpc) is 2.17. The number of nitrogens with two attached hydrogens (primary N) is 1. The first kappa shape index (κ1) is 12.7. The third-order valence-corrected chi connectivity index (χ3v) is 2.94. The second-order valence-corrected chi connectivity index (χ2v) is 4.34. The van der Waals surface area contributed by atoms with Gasteiger partial charge in [0.15, 0.2) is 0 Å². The van der Waals surface area contributed by atoms with Gasteiger partial charge in [-0.05, 0) is 38.4 Å². The number of rotatable bonds is 4. The van der Waals surface area contributed by atoms with Crippen molar-refractivity contribution < 1.29 is 4.79 Å². The first-order chi connectivity index (χ1) is 7.41. The summed E-state index contributed by atoms with van der Waals surface area (Å²) in [6.45, 7) is 8.53. The first-order valence-corrected chi connectivity index (χ1v) is 5.54. The lowest BCUT2D eigenvalue weighted by Crippen LogP contribution is -2.50. The van der Waals surface area contributed by atoms with E-state index in [0.29, 0.717) is 6.54 Å². The number of aryl methyl sites for hydroxylation is 2. The van der Waals surface area contributed by atoms with E-state index < -0.39 is 5.54 Å². The molecule has 1 amide bonds. The van der Waals surface area contributed by atoms with Crippen LogP contribution in [0.4, 0.5) is 0 Å². The minimum atomic E-state index is -0.785. The van der Waals surface area contributed by atoms with Crippen LogP contribution < -0.4 is 11.1 Å². The summed E-state index contributed by atoms with van der Waals surface area (Å²) in [5, 5.41) is 3.16. The number of nitrogens with one attached hydrogen (secondary N) is 1. The Labute approximate surface area is 97.0 Å². The van der Waals surface area contributed by atoms with Crippen molar-refractivity contribution in [3.8, 4) is 0 Å². The minimum Gasteiger partial charge on any atom is -0.368 e. The number of likely N-dealkylation sites (N-methyl/N-ethyl adjacent to an activating group) is 1. The molecular weight excluding hydrogens is 200 g/mol. The van der Waals surface area contributed by atoms with Crippen molar-refractivity contribution in [2.75, 3.05) is 6.54 Å². The Kier molecular flexibility index (Phi) is 3.70. The average molecular weight is 220 g/mol. The van der Waals surface area contributed by atoms with Crippen molar-refractivity contribution in [1.82, 2.24) is 5.32 Å². The fourth-order valence-corrected chi connectivity index (χ4v) is 2.04. The van der Waals surface area contributed by atoms with E-state index in [0.717, 1.165) is 11.1 Å². The second-order valence-electron chi connectivity index (χ2n) is 4.34. The van der Waals surface area contributed by atoms with Gasteiger partial charge in [0.1, 0.15) is 5.54 Å². The lowest BCUT2D eigenvalue weighted by molar-refractivity contribution is -0.124. The number of amides is 1. The molecule has 0 saturated heterocycles. The SMILES string of the molecule is CCNC(C)(C(N)=O)c1ccc(C)cc1C. The number of carbonyl (C=O) groups excluding carboxylic acids is 1. The van der Waals surface area contributed by atoms with E-state index in [1.807, 2.05) is 39.8 Å². The molecule has 0 aliphatic heterocycles. The Morgan fingerprint density at radius 3 is 2.50 bits per heavy atom. The lowest BCUT2D eigenvalue weighted by atomic mass is 9.87. The van der Waals surface area contributed by atoms with Crippen LogP contribution in [0.25, 0.3) is 0 Å². The van der Waals surface area contributed by atoms with Crippen LogP contribution in [-0.4, -0.2) is 12.5 Å². The Balaban J connectivity index is 3.26. The first-order valence-electron chi connectivity index (χ1n) is 5.54. The third kappa shape index (κ3) is 2.25. The predicted octanol–water partition coefficient (Wildman–Crippen LogP) is 1.61. The van der Waals surface area contributed by atoms with Gasteiger partial charge in [0, 0.05) is 0 Å². The molecule has 0 bridgehead atoms. The van der Waals surface area contributed by atoms with Crippen molar-refractivity contribution in [1.29, 1.82) is 0 Å². The van der Waals surface area contributed by atoms with Crippen LogP contribution in [-0.2, 0) is 10.3 Å². The molecule has 16 heavy (non-hydrogen) atoms. The van der Waals surface area contributed by atoms with E-state index in [2.05, 4.69) is 11.4 Å². The molecule has 1 aromatic carbocycles. The van der Waals surface area contributed by atoms with Crippen molar-refractivity contribution >= 4 is 5.91 Å². The Morgan fingerprint density at radius 1 is 1.44 bits per heavy atom. The molecule has 0 radical (unpaired) electrons. The van der Waals surface area contributed by atoms with Crippen molar-refractivity contribution in [2.45, 2.75) is 33.2 Å². The highest BCUT2D eigenvalue weighted by molar-refractivity contribution is 5.86. The van der Waals surface area contributed by atoms with Crippen LogP contribution in [0.5, 0.6) is 0 Å². The molecule has 0 fully saturated rings. The number of hydrogen-bond acceptors (Lipinski definition) is 2. The number of carbonyl (C=O) groups is 1. The Morgan fingerprint density at radius 2 is 2.06 bits per heavy atom. The van der Waals surface area contributed by atoms with Crippen LogP contribution in [0.15, 0.2) is 18.2 Å². The summed E-state index contributed by atoms with van der Waals surface area (Å²) < 4.78 is 0.